The zero-order valence-corrected chi connectivity index (χ0v) is 21.7. The van der Waals surface area contributed by atoms with Crippen LogP contribution >= 0.6 is 0 Å². The molecule has 5 rings (SSSR count). The summed E-state index contributed by atoms with van der Waals surface area (Å²) in [4.78, 5) is 31.2. The van der Waals surface area contributed by atoms with Crippen molar-refractivity contribution in [2.45, 2.75) is 38.3 Å². The lowest BCUT2D eigenvalue weighted by atomic mass is 9.87. The topological polar surface area (TPSA) is 86.8 Å². The van der Waals surface area contributed by atoms with E-state index < -0.39 is 12.1 Å². The molecule has 0 spiro atoms. The van der Waals surface area contributed by atoms with E-state index in [-0.39, 0.29) is 11.9 Å². The summed E-state index contributed by atoms with van der Waals surface area (Å²) in [6.45, 7) is 1.60. The molecule has 7 nitrogen and oxygen atoms in total. The van der Waals surface area contributed by atoms with Crippen molar-refractivity contribution in [1.29, 1.82) is 0 Å². The molecular weight excluding hydrogens is 480 g/mol. The van der Waals surface area contributed by atoms with Gasteiger partial charge in [-0.3, -0.25) is 4.79 Å². The van der Waals surface area contributed by atoms with E-state index in [2.05, 4.69) is 17.4 Å². The van der Waals surface area contributed by atoms with Gasteiger partial charge in [0, 0.05) is 10.9 Å². The average molecular weight is 511 g/mol. The second kappa shape index (κ2) is 10.9. The molecule has 3 aromatic carbocycles. The van der Waals surface area contributed by atoms with Crippen LogP contribution in [0.3, 0.4) is 0 Å². The van der Waals surface area contributed by atoms with Crippen molar-refractivity contribution < 1.29 is 23.8 Å². The van der Waals surface area contributed by atoms with Gasteiger partial charge in [-0.25, -0.2) is 9.78 Å². The van der Waals surface area contributed by atoms with Crippen molar-refractivity contribution in [3.8, 4) is 22.8 Å². The molecule has 1 aromatic heterocycles. The fourth-order valence-electron chi connectivity index (χ4n) is 4.96. The number of methoxy groups -OCH3 is 2. The molecule has 0 saturated carbocycles. The SMILES string of the molecule is COc1ccc(-c2cc(C(=O)OC(C)C(=O)NC3CCCc4ccccc43)c3ccccc3n2)cc1OC. The largest absolute Gasteiger partial charge is 0.493 e. The molecule has 1 heterocycles. The van der Waals surface area contributed by atoms with Gasteiger partial charge in [-0.15, -0.1) is 0 Å². The fraction of sp³-hybridized carbons (Fsp3) is 0.258. The standard InChI is InChI=1S/C31H30N2O5/c1-19(30(34)33-25-14-8-10-20-9-4-5-11-22(20)25)38-31(35)24-18-27(32-26-13-7-6-12-23(24)26)21-15-16-28(36-2)29(17-21)37-3/h4-7,9,11-13,15-19,25H,8,10,14H2,1-3H3,(H,33,34). The minimum atomic E-state index is -0.965. The molecular formula is C31H30N2O5. The monoisotopic (exact) mass is 510 g/mol. The number of para-hydroxylation sites is 1. The van der Waals surface area contributed by atoms with Gasteiger partial charge in [0.2, 0.25) is 0 Å². The summed E-state index contributed by atoms with van der Waals surface area (Å²) in [5.41, 5.74) is 4.69. The third-order valence-corrected chi connectivity index (χ3v) is 6.95. The highest BCUT2D eigenvalue weighted by Crippen LogP contribution is 2.33. The van der Waals surface area contributed by atoms with Gasteiger partial charge in [0.05, 0.1) is 37.0 Å². The second-order valence-electron chi connectivity index (χ2n) is 9.34. The molecule has 194 valence electrons. The van der Waals surface area contributed by atoms with Crippen LogP contribution in [0.25, 0.3) is 22.2 Å². The van der Waals surface area contributed by atoms with Gasteiger partial charge < -0.3 is 19.5 Å². The predicted octanol–water partition coefficient (Wildman–Crippen LogP) is 5.66. The highest BCUT2D eigenvalue weighted by molar-refractivity contribution is 6.05. The zero-order chi connectivity index (χ0) is 26.6. The molecule has 0 fully saturated rings. The predicted molar refractivity (Wildman–Crippen MR) is 145 cm³/mol. The third kappa shape index (κ3) is 5.05. The van der Waals surface area contributed by atoms with E-state index in [0.717, 1.165) is 30.4 Å². The van der Waals surface area contributed by atoms with Crippen LogP contribution in [-0.4, -0.2) is 37.2 Å². The number of rotatable bonds is 7. The third-order valence-electron chi connectivity index (χ3n) is 6.95. The smallest absolute Gasteiger partial charge is 0.339 e. The molecule has 7 heteroatoms. The molecule has 1 amide bonds. The molecule has 1 aliphatic carbocycles. The maximum Gasteiger partial charge on any atom is 0.339 e. The number of nitrogens with one attached hydrogen (secondary N) is 1. The van der Waals surface area contributed by atoms with Gasteiger partial charge in [0.15, 0.2) is 17.6 Å². The number of ether oxygens (including phenoxy) is 3. The zero-order valence-electron chi connectivity index (χ0n) is 21.7. The molecule has 4 aromatic rings. The van der Waals surface area contributed by atoms with Gasteiger partial charge in [-0.05, 0) is 67.6 Å². The van der Waals surface area contributed by atoms with Crippen molar-refractivity contribution in [3.05, 3.63) is 89.5 Å². The Bertz CT molecular complexity index is 1500. The molecule has 2 unspecified atom stereocenters. The number of hydrogen-bond donors (Lipinski definition) is 1. The quantitative estimate of drug-likeness (QED) is 0.323. The first kappa shape index (κ1) is 25.3. The van der Waals surface area contributed by atoms with Crippen molar-refractivity contribution in [2.75, 3.05) is 14.2 Å². The first-order valence-electron chi connectivity index (χ1n) is 12.7. The Kier molecular flexibility index (Phi) is 7.26. The van der Waals surface area contributed by atoms with Crippen LogP contribution in [0.1, 0.15) is 47.3 Å². The Labute approximate surface area is 221 Å². The Balaban J connectivity index is 1.40. The van der Waals surface area contributed by atoms with Gasteiger partial charge >= 0.3 is 5.97 Å². The maximum atomic E-state index is 13.4. The molecule has 0 aliphatic heterocycles. The van der Waals surface area contributed by atoms with Crippen molar-refractivity contribution in [3.63, 3.8) is 0 Å². The highest BCUT2D eigenvalue weighted by atomic mass is 16.5. The number of nitrogens with zero attached hydrogens (tertiary/aromatic N) is 1. The molecule has 2 atom stereocenters. The van der Waals surface area contributed by atoms with Gasteiger partial charge in [0.1, 0.15) is 0 Å². The molecule has 0 saturated heterocycles. The molecule has 1 aliphatic rings. The number of amides is 1. The van der Waals surface area contributed by atoms with E-state index in [1.165, 1.54) is 5.56 Å². The minimum Gasteiger partial charge on any atom is -0.493 e. The van der Waals surface area contributed by atoms with Gasteiger partial charge in [-0.1, -0.05) is 42.5 Å². The van der Waals surface area contributed by atoms with Crippen LogP contribution in [0, 0.1) is 0 Å². The van der Waals surface area contributed by atoms with Crippen LogP contribution in [0.4, 0.5) is 0 Å². The Morgan fingerprint density at radius 3 is 2.53 bits per heavy atom. The normalized spacial score (nSPS) is 15.3. The summed E-state index contributed by atoms with van der Waals surface area (Å²) in [5, 5.41) is 3.72. The molecule has 0 radical (unpaired) electrons. The van der Waals surface area contributed by atoms with E-state index in [9.17, 15) is 9.59 Å². The lowest BCUT2D eigenvalue weighted by Crippen LogP contribution is -2.39. The lowest BCUT2D eigenvalue weighted by Gasteiger charge is -2.27. The number of esters is 1. The average Bonchev–Trinajstić information content (AvgIpc) is 2.96. The fourth-order valence-corrected chi connectivity index (χ4v) is 4.96. The number of aryl methyl sites for hydroxylation is 1. The van der Waals surface area contributed by atoms with E-state index >= 15 is 0 Å². The number of benzene rings is 3. The van der Waals surface area contributed by atoms with E-state index in [4.69, 9.17) is 19.2 Å². The van der Waals surface area contributed by atoms with E-state index in [1.807, 2.05) is 48.5 Å². The Morgan fingerprint density at radius 2 is 1.71 bits per heavy atom. The van der Waals surface area contributed by atoms with Crippen molar-refractivity contribution >= 4 is 22.8 Å². The molecule has 38 heavy (non-hydrogen) atoms. The number of aromatic nitrogens is 1. The summed E-state index contributed by atoms with van der Waals surface area (Å²) in [6, 6.07) is 22.6. The summed E-state index contributed by atoms with van der Waals surface area (Å²) >= 11 is 0. The number of fused-ring (bicyclic) bond motifs is 2. The summed E-state index contributed by atoms with van der Waals surface area (Å²) < 4.78 is 16.5. The van der Waals surface area contributed by atoms with Crippen LogP contribution in [0.5, 0.6) is 11.5 Å². The first-order valence-corrected chi connectivity index (χ1v) is 12.7. The number of carbonyl (C=O) groups is 2. The minimum absolute atomic E-state index is 0.0907. The van der Waals surface area contributed by atoms with E-state index in [0.29, 0.717) is 33.7 Å². The summed E-state index contributed by atoms with van der Waals surface area (Å²) in [6.07, 6.45) is 1.89. The van der Waals surface area contributed by atoms with Crippen molar-refractivity contribution in [2.24, 2.45) is 0 Å². The number of hydrogen-bond acceptors (Lipinski definition) is 6. The Morgan fingerprint density at radius 1 is 0.947 bits per heavy atom. The number of pyridine rings is 1. The Hall–Kier alpha value is -4.39. The second-order valence-corrected chi connectivity index (χ2v) is 9.34. The maximum absolute atomic E-state index is 13.4. The highest BCUT2D eigenvalue weighted by Gasteiger charge is 2.26. The van der Waals surface area contributed by atoms with E-state index in [1.54, 1.807) is 33.3 Å². The van der Waals surface area contributed by atoms with Crippen molar-refractivity contribution in [1.82, 2.24) is 10.3 Å². The lowest BCUT2D eigenvalue weighted by molar-refractivity contribution is -0.130. The molecule has 1 N–H and O–H groups in total. The van der Waals surface area contributed by atoms with Gasteiger partial charge in [-0.2, -0.15) is 0 Å². The summed E-state index contributed by atoms with van der Waals surface area (Å²) in [5.74, 6) is 0.242. The number of carbonyl (C=O) groups excluding carboxylic acids is 2. The van der Waals surface area contributed by atoms with Crippen LogP contribution < -0.4 is 14.8 Å². The first-order chi connectivity index (χ1) is 18.5. The van der Waals surface area contributed by atoms with Gasteiger partial charge in [0.25, 0.3) is 5.91 Å². The van der Waals surface area contributed by atoms with Crippen LogP contribution in [-0.2, 0) is 16.0 Å². The summed E-state index contributed by atoms with van der Waals surface area (Å²) in [7, 11) is 3.14. The van der Waals surface area contributed by atoms with Crippen LogP contribution in [0.15, 0.2) is 72.8 Å². The van der Waals surface area contributed by atoms with Crippen LogP contribution in [0.2, 0.25) is 0 Å². The molecule has 0 bridgehead atoms.